The molecule has 72 valence electrons. The fourth-order valence-corrected chi connectivity index (χ4v) is 0.879. The Bertz CT molecular complexity index is 148. The van der Waals surface area contributed by atoms with Crippen LogP contribution >= 0.6 is 0 Å². The minimum absolute atomic E-state index is 0.400. The maximum atomic E-state index is 10.8. The first-order valence-corrected chi connectivity index (χ1v) is 4.03. The van der Waals surface area contributed by atoms with Crippen molar-refractivity contribution in [3.8, 4) is 0 Å². The Balaban J connectivity index is 3.78. The van der Waals surface area contributed by atoms with Crippen molar-refractivity contribution in [2.45, 2.75) is 38.3 Å². The molecule has 6 N–H and O–H groups in total. The summed E-state index contributed by atoms with van der Waals surface area (Å²) in [6.45, 7) is 2.05. The molecule has 0 saturated heterocycles. The topological polar surface area (TPSA) is 104 Å². The van der Waals surface area contributed by atoms with E-state index in [0.29, 0.717) is 6.42 Å². The van der Waals surface area contributed by atoms with E-state index in [2.05, 4.69) is 17.7 Å². The van der Waals surface area contributed by atoms with Crippen molar-refractivity contribution in [1.82, 2.24) is 0 Å². The fraction of sp³-hybridized carbons (Fsp3) is 0.857. The molecule has 0 fully saturated rings. The van der Waals surface area contributed by atoms with Gasteiger partial charge in [-0.1, -0.05) is 19.8 Å². The summed E-state index contributed by atoms with van der Waals surface area (Å²) in [4.78, 5) is 14.8. The molecule has 0 heterocycles. The quantitative estimate of drug-likeness (QED) is 0.299. The molecule has 5 heteroatoms. The molecular formula is C7H17N3O2. The maximum Gasteiger partial charge on any atom is 0.359 e. The van der Waals surface area contributed by atoms with Gasteiger partial charge in [-0.3, -0.25) is 0 Å². The Hall–Kier alpha value is -0.650. The predicted molar refractivity (Wildman–Crippen MR) is 45.5 cm³/mol. The minimum Gasteiger partial charge on any atom is -0.371 e. The number of hydrogen-bond acceptors (Lipinski definition) is 5. The van der Waals surface area contributed by atoms with Crippen molar-refractivity contribution < 1.29 is 9.63 Å². The Morgan fingerprint density at radius 1 is 1.42 bits per heavy atom. The Labute approximate surface area is 72.2 Å². The highest BCUT2D eigenvalue weighted by Gasteiger charge is 2.29. The van der Waals surface area contributed by atoms with E-state index in [1.807, 2.05) is 0 Å². The lowest BCUT2D eigenvalue weighted by Crippen LogP contribution is -2.57. The fourth-order valence-electron chi connectivity index (χ4n) is 0.879. The zero-order valence-corrected chi connectivity index (χ0v) is 7.38. The van der Waals surface area contributed by atoms with E-state index in [4.69, 9.17) is 11.5 Å². The highest BCUT2D eigenvalue weighted by atomic mass is 16.7. The zero-order valence-electron chi connectivity index (χ0n) is 7.38. The summed E-state index contributed by atoms with van der Waals surface area (Å²) in [5.41, 5.74) is 9.44. The van der Waals surface area contributed by atoms with Gasteiger partial charge in [0, 0.05) is 0 Å². The van der Waals surface area contributed by atoms with Gasteiger partial charge in [0.25, 0.3) is 0 Å². The van der Waals surface area contributed by atoms with Crippen LogP contribution in [0.15, 0.2) is 0 Å². The summed E-state index contributed by atoms with van der Waals surface area (Å²) in [7, 11) is 0. The van der Waals surface area contributed by atoms with E-state index < -0.39 is 11.6 Å². The number of hydrogen-bond donors (Lipinski definition) is 3. The van der Waals surface area contributed by atoms with Crippen LogP contribution in [0.25, 0.3) is 0 Å². The van der Waals surface area contributed by atoms with Crippen LogP contribution < -0.4 is 17.4 Å². The molecule has 0 unspecified atom stereocenters. The van der Waals surface area contributed by atoms with Crippen molar-refractivity contribution in [3.63, 3.8) is 0 Å². The molecule has 0 rings (SSSR count). The van der Waals surface area contributed by atoms with Gasteiger partial charge >= 0.3 is 5.97 Å². The molecule has 0 radical (unpaired) electrons. The Morgan fingerprint density at radius 3 is 2.42 bits per heavy atom. The van der Waals surface area contributed by atoms with Gasteiger partial charge in [0.15, 0.2) is 5.66 Å². The van der Waals surface area contributed by atoms with Gasteiger partial charge in [0.1, 0.15) is 0 Å². The largest absolute Gasteiger partial charge is 0.371 e. The van der Waals surface area contributed by atoms with Gasteiger partial charge in [0.2, 0.25) is 0 Å². The second kappa shape index (κ2) is 5.08. The molecule has 0 aromatic rings. The lowest BCUT2D eigenvalue weighted by molar-refractivity contribution is -0.151. The number of carbonyl (C=O) groups is 1. The van der Waals surface area contributed by atoms with Crippen molar-refractivity contribution in [2.75, 3.05) is 0 Å². The van der Waals surface area contributed by atoms with Crippen LogP contribution in [0.4, 0.5) is 0 Å². The van der Waals surface area contributed by atoms with Gasteiger partial charge in [-0.05, 0) is 12.8 Å². The molecule has 0 saturated carbocycles. The second-order valence-corrected chi connectivity index (χ2v) is 2.90. The summed E-state index contributed by atoms with van der Waals surface area (Å²) >= 11 is 0. The van der Waals surface area contributed by atoms with E-state index in [1.165, 1.54) is 0 Å². The van der Waals surface area contributed by atoms with Crippen molar-refractivity contribution in [3.05, 3.63) is 0 Å². The molecule has 0 atom stereocenters. The monoisotopic (exact) mass is 175 g/mol. The van der Waals surface area contributed by atoms with Crippen LogP contribution in [-0.4, -0.2) is 11.6 Å². The zero-order chi connectivity index (χ0) is 9.61. The molecule has 0 aliphatic carbocycles. The first-order valence-electron chi connectivity index (χ1n) is 4.03. The Morgan fingerprint density at radius 2 is 2.00 bits per heavy atom. The predicted octanol–water partition coefficient (Wildman–Crippen LogP) is -0.403. The van der Waals surface area contributed by atoms with Crippen molar-refractivity contribution in [1.29, 1.82) is 0 Å². The smallest absolute Gasteiger partial charge is 0.359 e. The summed E-state index contributed by atoms with van der Waals surface area (Å²) in [5.74, 6) is 3.89. The van der Waals surface area contributed by atoms with Gasteiger partial charge in [-0.25, -0.2) is 4.79 Å². The third-order valence-electron chi connectivity index (χ3n) is 1.68. The molecule has 0 amide bonds. The van der Waals surface area contributed by atoms with Gasteiger partial charge in [-0.2, -0.15) is 5.90 Å². The summed E-state index contributed by atoms with van der Waals surface area (Å²) < 4.78 is 0. The van der Waals surface area contributed by atoms with Crippen LogP contribution in [0.2, 0.25) is 0 Å². The third-order valence-corrected chi connectivity index (χ3v) is 1.68. The first-order chi connectivity index (χ1) is 5.54. The minimum atomic E-state index is -1.43. The molecule has 0 aliphatic rings. The number of unbranched alkanes of at least 4 members (excludes halogenated alkanes) is 2. The van der Waals surface area contributed by atoms with E-state index in [9.17, 15) is 4.79 Å². The summed E-state index contributed by atoms with van der Waals surface area (Å²) in [5, 5.41) is 0. The van der Waals surface area contributed by atoms with Crippen LogP contribution in [0.5, 0.6) is 0 Å². The SMILES string of the molecule is CCCCCC(N)(N)C(=O)ON. The number of carbonyl (C=O) groups excluding carboxylic acids is 1. The van der Waals surface area contributed by atoms with E-state index in [-0.39, 0.29) is 0 Å². The summed E-state index contributed by atoms with van der Waals surface area (Å²) in [6.07, 6.45) is 3.25. The van der Waals surface area contributed by atoms with Gasteiger partial charge < -0.3 is 16.3 Å². The molecule has 0 spiro atoms. The van der Waals surface area contributed by atoms with E-state index in [1.54, 1.807) is 0 Å². The van der Waals surface area contributed by atoms with Crippen molar-refractivity contribution >= 4 is 5.97 Å². The van der Waals surface area contributed by atoms with Crippen LogP contribution in [-0.2, 0) is 9.63 Å². The first kappa shape index (κ1) is 11.4. The molecule has 0 aliphatic heterocycles. The lowest BCUT2D eigenvalue weighted by atomic mass is 10.0. The average Bonchev–Trinajstić information content (AvgIpc) is 2.03. The maximum absolute atomic E-state index is 10.8. The molecule has 12 heavy (non-hydrogen) atoms. The molecule has 5 nitrogen and oxygen atoms in total. The Kier molecular flexibility index (Phi) is 4.80. The van der Waals surface area contributed by atoms with Gasteiger partial charge in [0.05, 0.1) is 0 Å². The molecule has 0 aromatic heterocycles. The highest BCUT2D eigenvalue weighted by molar-refractivity contribution is 5.79. The van der Waals surface area contributed by atoms with Crippen molar-refractivity contribution in [2.24, 2.45) is 17.4 Å². The highest BCUT2D eigenvalue weighted by Crippen LogP contribution is 2.07. The summed E-state index contributed by atoms with van der Waals surface area (Å²) in [6, 6.07) is 0. The molecule has 0 bridgehead atoms. The standard InChI is InChI=1S/C7H17N3O2/c1-2-3-4-5-7(8,9)6(11)12-10/h2-5,8-10H2,1H3. The second-order valence-electron chi connectivity index (χ2n) is 2.90. The number of rotatable bonds is 5. The third kappa shape index (κ3) is 3.66. The number of nitrogens with two attached hydrogens (primary N) is 3. The van der Waals surface area contributed by atoms with E-state index >= 15 is 0 Å². The lowest BCUT2D eigenvalue weighted by Gasteiger charge is -2.19. The average molecular weight is 175 g/mol. The van der Waals surface area contributed by atoms with Crippen LogP contribution in [0.3, 0.4) is 0 Å². The van der Waals surface area contributed by atoms with Gasteiger partial charge in [-0.15, -0.1) is 0 Å². The normalized spacial score (nSPS) is 11.3. The van der Waals surface area contributed by atoms with Crippen LogP contribution in [0, 0.1) is 0 Å². The van der Waals surface area contributed by atoms with E-state index in [0.717, 1.165) is 19.3 Å². The molecule has 0 aromatic carbocycles. The van der Waals surface area contributed by atoms with Crippen LogP contribution in [0.1, 0.15) is 32.6 Å². The molecular weight excluding hydrogens is 158 g/mol.